The molecule has 2 aromatic heterocycles. The van der Waals surface area contributed by atoms with Crippen molar-refractivity contribution in [1.29, 1.82) is 0 Å². The van der Waals surface area contributed by atoms with Crippen LogP contribution in [0.15, 0.2) is 53.9 Å². The van der Waals surface area contributed by atoms with Gasteiger partial charge in [0.1, 0.15) is 5.82 Å². The quantitative estimate of drug-likeness (QED) is 0.565. The van der Waals surface area contributed by atoms with Gasteiger partial charge in [-0.2, -0.15) is 28.2 Å². The van der Waals surface area contributed by atoms with Crippen LogP contribution in [0.1, 0.15) is 35.7 Å². The summed E-state index contributed by atoms with van der Waals surface area (Å²) in [6.45, 7) is 2.19. The molecule has 7 nitrogen and oxygen atoms in total. The molecule has 11 heteroatoms. The minimum Gasteiger partial charge on any atom is -0.331 e. The predicted molar refractivity (Wildman–Crippen MR) is 107 cm³/mol. The summed E-state index contributed by atoms with van der Waals surface area (Å²) in [6.07, 6.45) is 0.300. The lowest BCUT2D eigenvalue weighted by molar-refractivity contribution is -0.137. The first-order valence-electron chi connectivity index (χ1n) is 9.82. The molecule has 0 radical (unpaired) electrons. The van der Waals surface area contributed by atoms with Crippen LogP contribution in [0.25, 0.3) is 5.69 Å². The maximum absolute atomic E-state index is 14.0. The third-order valence-corrected chi connectivity index (χ3v) is 5.20. The van der Waals surface area contributed by atoms with Crippen molar-refractivity contribution in [1.82, 2.24) is 24.9 Å². The molecule has 1 fully saturated rings. The van der Waals surface area contributed by atoms with Crippen LogP contribution >= 0.6 is 0 Å². The van der Waals surface area contributed by atoms with Crippen LogP contribution in [-0.4, -0.2) is 49.1 Å². The Labute approximate surface area is 180 Å². The largest absolute Gasteiger partial charge is 0.417 e. The van der Waals surface area contributed by atoms with Gasteiger partial charge in [0.15, 0.2) is 5.82 Å². The Kier molecular flexibility index (Phi) is 5.72. The Bertz CT molecular complexity index is 1140. The van der Waals surface area contributed by atoms with E-state index < -0.39 is 29.5 Å². The van der Waals surface area contributed by atoms with Gasteiger partial charge in [-0.3, -0.25) is 4.79 Å². The van der Waals surface area contributed by atoms with Crippen LogP contribution in [0.3, 0.4) is 0 Å². The molecule has 1 amide bonds. The van der Waals surface area contributed by atoms with Crippen LogP contribution in [0.4, 0.5) is 23.4 Å². The number of amides is 1. The van der Waals surface area contributed by atoms with E-state index in [0.717, 1.165) is 18.3 Å². The number of alkyl halides is 3. The van der Waals surface area contributed by atoms with E-state index in [1.807, 2.05) is 0 Å². The Balaban J connectivity index is 1.61. The fourth-order valence-corrected chi connectivity index (χ4v) is 3.56. The van der Waals surface area contributed by atoms with Gasteiger partial charge >= 0.3 is 6.18 Å². The number of rotatable bonds is 3. The minimum atomic E-state index is -4.48. The van der Waals surface area contributed by atoms with E-state index in [1.165, 1.54) is 35.4 Å². The SMILES string of the molecule is C[C@H]1C(=Nc2ccc(C(F)(F)F)cn2)CCCN1C(=O)c1cc(F)ccc1-n1nccn1. The van der Waals surface area contributed by atoms with Gasteiger partial charge < -0.3 is 4.90 Å². The van der Waals surface area contributed by atoms with Crippen LogP contribution in [0, 0.1) is 5.82 Å². The molecule has 0 bridgehead atoms. The van der Waals surface area contributed by atoms with Gasteiger partial charge in [-0.05, 0) is 50.1 Å². The molecular weight excluding hydrogens is 428 g/mol. The van der Waals surface area contributed by atoms with Crippen molar-refractivity contribution in [2.24, 2.45) is 4.99 Å². The molecule has 1 aliphatic heterocycles. The van der Waals surface area contributed by atoms with Crippen LogP contribution in [-0.2, 0) is 6.18 Å². The Morgan fingerprint density at radius 3 is 2.56 bits per heavy atom. The number of halogens is 4. The first kappa shape index (κ1) is 21.6. The second-order valence-electron chi connectivity index (χ2n) is 7.26. The maximum atomic E-state index is 14.0. The normalized spacial score (nSPS) is 18.2. The highest BCUT2D eigenvalue weighted by Gasteiger charge is 2.32. The van der Waals surface area contributed by atoms with Crippen LogP contribution in [0.2, 0.25) is 0 Å². The zero-order chi connectivity index (χ0) is 22.9. The number of aromatic nitrogens is 4. The number of aliphatic imine (C=N–C) groups is 1. The summed E-state index contributed by atoms with van der Waals surface area (Å²) in [5.74, 6) is -0.866. The van der Waals surface area contributed by atoms with Gasteiger partial charge in [-0.25, -0.2) is 14.4 Å². The number of piperidine rings is 1. The van der Waals surface area contributed by atoms with Crippen molar-refractivity contribution in [3.63, 3.8) is 0 Å². The van der Waals surface area contributed by atoms with E-state index in [4.69, 9.17) is 0 Å². The molecule has 3 aromatic rings. The molecule has 32 heavy (non-hydrogen) atoms. The van der Waals surface area contributed by atoms with E-state index >= 15 is 0 Å². The number of nitrogens with zero attached hydrogens (tertiary/aromatic N) is 6. The molecule has 166 valence electrons. The van der Waals surface area contributed by atoms with Crippen molar-refractivity contribution >= 4 is 17.4 Å². The van der Waals surface area contributed by atoms with Crippen LogP contribution in [0.5, 0.6) is 0 Å². The zero-order valence-corrected chi connectivity index (χ0v) is 16.9. The van der Waals surface area contributed by atoms with Gasteiger partial charge in [0.05, 0.1) is 35.2 Å². The highest BCUT2D eigenvalue weighted by atomic mass is 19.4. The van der Waals surface area contributed by atoms with Crippen molar-refractivity contribution in [3.8, 4) is 5.69 Å². The smallest absolute Gasteiger partial charge is 0.331 e. The molecule has 1 aromatic carbocycles. The molecule has 1 aliphatic rings. The summed E-state index contributed by atoms with van der Waals surface area (Å²) in [7, 11) is 0. The highest BCUT2D eigenvalue weighted by Crippen LogP contribution is 2.30. The highest BCUT2D eigenvalue weighted by molar-refractivity contribution is 6.02. The summed E-state index contributed by atoms with van der Waals surface area (Å²) in [4.78, 5) is 24.3. The number of hydrogen-bond donors (Lipinski definition) is 0. The van der Waals surface area contributed by atoms with E-state index in [-0.39, 0.29) is 11.4 Å². The third kappa shape index (κ3) is 4.36. The molecule has 3 heterocycles. The summed E-state index contributed by atoms with van der Waals surface area (Å²) < 4.78 is 52.2. The number of carbonyl (C=O) groups is 1. The molecule has 4 rings (SSSR count). The average molecular weight is 446 g/mol. The number of likely N-dealkylation sites (tertiary alicyclic amines) is 1. The van der Waals surface area contributed by atoms with E-state index in [9.17, 15) is 22.4 Å². The number of carbonyl (C=O) groups excluding carboxylic acids is 1. The fourth-order valence-electron chi connectivity index (χ4n) is 3.56. The van der Waals surface area contributed by atoms with Crippen molar-refractivity contribution < 1.29 is 22.4 Å². The number of pyridine rings is 1. The molecular formula is C21H18F4N6O. The maximum Gasteiger partial charge on any atom is 0.417 e. The molecule has 0 N–H and O–H groups in total. The predicted octanol–water partition coefficient (Wildman–Crippen LogP) is 4.22. The summed E-state index contributed by atoms with van der Waals surface area (Å²) in [5.41, 5.74) is 0.178. The topological polar surface area (TPSA) is 76.3 Å². The van der Waals surface area contributed by atoms with Gasteiger partial charge in [0.2, 0.25) is 0 Å². The van der Waals surface area contributed by atoms with Crippen molar-refractivity contribution in [2.45, 2.75) is 32.0 Å². The minimum absolute atomic E-state index is 0.0990. The van der Waals surface area contributed by atoms with E-state index in [2.05, 4.69) is 20.2 Å². The number of hydrogen-bond acceptors (Lipinski definition) is 5. The van der Waals surface area contributed by atoms with E-state index in [0.29, 0.717) is 30.8 Å². The lowest BCUT2D eigenvalue weighted by atomic mass is 9.99. The lowest BCUT2D eigenvalue weighted by Gasteiger charge is -2.35. The third-order valence-electron chi connectivity index (χ3n) is 5.20. The van der Waals surface area contributed by atoms with Gasteiger partial charge in [0.25, 0.3) is 5.91 Å². The van der Waals surface area contributed by atoms with Gasteiger partial charge in [-0.15, -0.1) is 0 Å². The van der Waals surface area contributed by atoms with Gasteiger partial charge in [-0.1, -0.05) is 0 Å². The first-order chi connectivity index (χ1) is 15.2. The second kappa shape index (κ2) is 8.48. The molecule has 0 aliphatic carbocycles. The second-order valence-corrected chi connectivity index (χ2v) is 7.26. The van der Waals surface area contributed by atoms with Crippen LogP contribution < -0.4 is 0 Å². The standard InChI is InChI=1S/C21H18F4N6O/c1-13-17(29-19-7-4-14(12-26-19)21(23,24)25)3-2-10-30(13)20(32)16-11-15(22)5-6-18(16)31-27-8-9-28-31/h4-9,11-13H,2-3,10H2,1H3/t13-/m0/s1. The Morgan fingerprint density at radius 2 is 1.91 bits per heavy atom. The monoisotopic (exact) mass is 446 g/mol. The summed E-state index contributed by atoms with van der Waals surface area (Å²) >= 11 is 0. The Hall–Kier alpha value is -3.63. The molecule has 0 saturated carbocycles. The summed E-state index contributed by atoms with van der Waals surface area (Å²) in [5, 5.41) is 8.04. The molecule has 0 unspecified atom stereocenters. The number of benzene rings is 1. The fraction of sp³-hybridized carbons (Fsp3) is 0.286. The lowest BCUT2D eigenvalue weighted by Crippen LogP contribution is -2.47. The molecule has 0 spiro atoms. The summed E-state index contributed by atoms with van der Waals surface area (Å²) in [6, 6.07) is 5.44. The average Bonchev–Trinajstić information content (AvgIpc) is 3.29. The van der Waals surface area contributed by atoms with Gasteiger partial charge in [0, 0.05) is 18.5 Å². The van der Waals surface area contributed by atoms with E-state index in [1.54, 1.807) is 11.8 Å². The Morgan fingerprint density at radius 1 is 1.16 bits per heavy atom. The molecule has 1 atom stereocenters. The zero-order valence-electron chi connectivity index (χ0n) is 16.9. The van der Waals surface area contributed by atoms with Crippen molar-refractivity contribution in [3.05, 3.63) is 65.9 Å². The van der Waals surface area contributed by atoms with Crippen molar-refractivity contribution in [2.75, 3.05) is 6.54 Å². The molecule has 1 saturated heterocycles. The first-order valence-corrected chi connectivity index (χ1v) is 9.82.